The molecule has 1 aromatic rings. The minimum absolute atomic E-state index is 0.0891. The van der Waals surface area contributed by atoms with Crippen LogP contribution in [-0.4, -0.2) is 21.0 Å². The van der Waals surface area contributed by atoms with Gasteiger partial charge in [0.05, 0.1) is 17.1 Å². The van der Waals surface area contributed by atoms with Gasteiger partial charge in [0.1, 0.15) is 0 Å². The first-order chi connectivity index (χ1) is 8.62. The Morgan fingerprint density at radius 3 is 2.37 bits per heavy atom. The van der Waals surface area contributed by atoms with Crippen LogP contribution in [0.1, 0.15) is 35.3 Å². The number of ether oxygens (including phenoxy) is 1. The van der Waals surface area contributed by atoms with Crippen LogP contribution in [0.3, 0.4) is 0 Å². The predicted molar refractivity (Wildman–Crippen MR) is 74.1 cm³/mol. The molecule has 0 saturated heterocycles. The first-order valence-corrected chi connectivity index (χ1v) is 8.17. The van der Waals surface area contributed by atoms with E-state index in [0.717, 1.165) is 0 Å². The molecule has 0 saturated carbocycles. The third kappa shape index (κ3) is 4.21. The van der Waals surface area contributed by atoms with Crippen molar-refractivity contribution in [2.75, 3.05) is 6.61 Å². The topological polar surface area (TPSA) is 60.4 Å². The van der Waals surface area contributed by atoms with Gasteiger partial charge in [0.25, 0.3) is 9.05 Å². The number of halogens is 1. The van der Waals surface area contributed by atoms with Crippen LogP contribution in [0.15, 0.2) is 17.0 Å². The molecular formula is C13H17ClO4S. The number of hydrogen-bond acceptors (Lipinski definition) is 4. The smallest absolute Gasteiger partial charge is 0.338 e. The Kier molecular flexibility index (Phi) is 4.98. The molecule has 0 fully saturated rings. The standard InChI is InChI=1S/C13H17ClO4S/c1-8(2)7-18-13(15)12-6-11(19(14,16)17)5-9(3)10(12)4/h5-6,8H,7H2,1-4H3. The average molecular weight is 305 g/mol. The third-order valence-electron chi connectivity index (χ3n) is 2.69. The van der Waals surface area contributed by atoms with Crippen LogP contribution in [0, 0.1) is 19.8 Å². The maximum atomic E-state index is 11.9. The van der Waals surface area contributed by atoms with Crippen molar-refractivity contribution >= 4 is 25.7 Å². The lowest BCUT2D eigenvalue weighted by Gasteiger charge is -2.12. The van der Waals surface area contributed by atoms with Gasteiger partial charge in [0.15, 0.2) is 0 Å². The summed E-state index contributed by atoms with van der Waals surface area (Å²) >= 11 is 0. The Hall–Kier alpha value is -1.07. The highest BCUT2D eigenvalue weighted by molar-refractivity contribution is 8.13. The van der Waals surface area contributed by atoms with Crippen LogP contribution in [0.25, 0.3) is 0 Å². The summed E-state index contributed by atoms with van der Waals surface area (Å²) in [6.45, 7) is 7.59. The van der Waals surface area contributed by atoms with Gasteiger partial charge in [-0.1, -0.05) is 13.8 Å². The van der Waals surface area contributed by atoms with Crippen molar-refractivity contribution in [2.45, 2.75) is 32.6 Å². The van der Waals surface area contributed by atoms with Gasteiger partial charge in [0, 0.05) is 10.7 Å². The molecule has 0 heterocycles. The molecule has 0 aromatic heterocycles. The fraction of sp³-hybridized carbons (Fsp3) is 0.462. The molecule has 1 aromatic carbocycles. The second kappa shape index (κ2) is 5.92. The molecule has 0 radical (unpaired) electrons. The van der Waals surface area contributed by atoms with Crippen LogP contribution < -0.4 is 0 Å². The zero-order valence-electron chi connectivity index (χ0n) is 11.4. The van der Waals surface area contributed by atoms with E-state index in [9.17, 15) is 13.2 Å². The molecule has 6 heteroatoms. The number of esters is 1. The summed E-state index contributed by atoms with van der Waals surface area (Å²) in [5.74, 6) is -0.318. The monoisotopic (exact) mass is 304 g/mol. The van der Waals surface area contributed by atoms with E-state index < -0.39 is 15.0 Å². The van der Waals surface area contributed by atoms with Gasteiger partial charge in [-0.15, -0.1) is 0 Å². The Morgan fingerprint density at radius 1 is 1.32 bits per heavy atom. The quantitative estimate of drug-likeness (QED) is 0.633. The second-order valence-electron chi connectivity index (χ2n) is 4.84. The summed E-state index contributed by atoms with van der Waals surface area (Å²) in [6, 6.07) is 2.70. The normalized spacial score (nSPS) is 11.7. The van der Waals surface area contributed by atoms with Gasteiger partial charge >= 0.3 is 5.97 Å². The molecule has 0 aliphatic rings. The van der Waals surface area contributed by atoms with Crippen LogP contribution >= 0.6 is 10.7 Å². The number of carbonyl (C=O) groups is 1. The van der Waals surface area contributed by atoms with Crippen molar-refractivity contribution in [3.8, 4) is 0 Å². The minimum atomic E-state index is -3.86. The van der Waals surface area contributed by atoms with E-state index in [1.165, 1.54) is 12.1 Å². The summed E-state index contributed by atoms with van der Waals surface area (Å²) in [7, 11) is 1.44. The minimum Gasteiger partial charge on any atom is -0.462 e. The summed E-state index contributed by atoms with van der Waals surface area (Å²) < 4.78 is 27.8. The Balaban J connectivity index is 3.20. The van der Waals surface area contributed by atoms with Crippen molar-refractivity contribution in [3.05, 3.63) is 28.8 Å². The van der Waals surface area contributed by atoms with Gasteiger partial charge in [-0.25, -0.2) is 13.2 Å². The molecule has 0 atom stereocenters. The first kappa shape index (κ1) is 16.0. The van der Waals surface area contributed by atoms with Gasteiger partial charge in [0.2, 0.25) is 0 Å². The van der Waals surface area contributed by atoms with E-state index in [2.05, 4.69) is 0 Å². The zero-order chi connectivity index (χ0) is 14.8. The molecule has 0 unspecified atom stereocenters. The highest BCUT2D eigenvalue weighted by Crippen LogP contribution is 2.23. The molecule has 0 bridgehead atoms. The van der Waals surface area contributed by atoms with Crippen molar-refractivity contribution < 1.29 is 17.9 Å². The molecule has 19 heavy (non-hydrogen) atoms. The number of hydrogen-bond donors (Lipinski definition) is 0. The number of benzene rings is 1. The summed E-state index contributed by atoms with van der Waals surface area (Å²) in [4.78, 5) is 11.9. The van der Waals surface area contributed by atoms with E-state index >= 15 is 0 Å². The molecule has 0 N–H and O–H groups in total. The van der Waals surface area contributed by atoms with Gasteiger partial charge in [-0.05, 0) is 43.0 Å². The molecule has 0 aliphatic heterocycles. The highest BCUT2D eigenvalue weighted by atomic mass is 35.7. The largest absolute Gasteiger partial charge is 0.462 e. The van der Waals surface area contributed by atoms with Gasteiger partial charge < -0.3 is 4.74 Å². The Morgan fingerprint density at radius 2 is 1.89 bits per heavy atom. The van der Waals surface area contributed by atoms with Crippen molar-refractivity contribution in [1.82, 2.24) is 0 Å². The second-order valence-corrected chi connectivity index (χ2v) is 7.41. The van der Waals surface area contributed by atoms with Gasteiger partial charge in [-0.2, -0.15) is 0 Å². The van der Waals surface area contributed by atoms with Crippen molar-refractivity contribution in [2.24, 2.45) is 5.92 Å². The Bertz CT molecular complexity index is 591. The number of rotatable bonds is 4. The maximum Gasteiger partial charge on any atom is 0.338 e. The lowest BCUT2D eigenvalue weighted by Crippen LogP contribution is -2.12. The molecule has 4 nitrogen and oxygen atoms in total. The molecular weight excluding hydrogens is 288 g/mol. The van der Waals surface area contributed by atoms with Gasteiger partial charge in [-0.3, -0.25) is 0 Å². The maximum absolute atomic E-state index is 11.9. The first-order valence-electron chi connectivity index (χ1n) is 5.86. The van der Waals surface area contributed by atoms with E-state index in [-0.39, 0.29) is 23.0 Å². The fourth-order valence-corrected chi connectivity index (χ4v) is 2.34. The lowest BCUT2D eigenvalue weighted by molar-refractivity contribution is 0.0457. The van der Waals surface area contributed by atoms with Crippen LogP contribution in [0.2, 0.25) is 0 Å². The van der Waals surface area contributed by atoms with E-state index in [0.29, 0.717) is 11.1 Å². The van der Waals surface area contributed by atoms with Crippen LogP contribution in [0.5, 0.6) is 0 Å². The Labute approximate surface area is 118 Å². The number of carbonyl (C=O) groups excluding carboxylic acids is 1. The lowest BCUT2D eigenvalue weighted by atomic mass is 10.0. The summed E-state index contributed by atoms with van der Waals surface area (Å²) in [5, 5.41) is 0. The van der Waals surface area contributed by atoms with E-state index in [1.807, 2.05) is 13.8 Å². The third-order valence-corrected chi connectivity index (χ3v) is 4.02. The van der Waals surface area contributed by atoms with Crippen molar-refractivity contribution in [1.29, 1.82) is 0 Å². The molecule has 0 spiro atoms. The SMILES string of the molecule is Cc1cc(S(=O)(=O)Cl)cc(C(=O)OCC(C)C)c1C. The molecule has 1 rings (SSSR count). The predicted octanol–water partition coefficient (Wildman–Crippen LogP) is 3.04. The molecule has 106 valence electrons. The average Bonchev–Trinajstić information content (AvgIpc) is 2.27. The molecule has 0 amide bonds. The highest BCUT2D eigenvalue weighted by Gasteiger charge is 2.19. The summed E-state index contributed by atoms with van der Waals surface area (Å²) in [5.41, 5.74) is 1.61. The summed E-state index contributed by atoms with van der Waals surface area (Å²) in [6.07, 6.45) is 0. The van der Waals surface area contributed by atoms with Crippen molar-refractivity contribution in [3.63, 3.8) is 0 Å². The number of aryl methyl sites for hydroxylation is 1. The van der Waals surface area contributed by atoms with E-state index in [1.54, 1.807) is 13.8 Å². The van der Waals surface area contributed by atoms with Crippen LogP contribution in [0.4, 0.5) is 0 Å². The van der Waals surface area contributed by atoms with E-state index in [4.69, 9.17) is 15.4 Å². The molecule has 0 aliphatic carbocycles. The van der Waals surface area contributed by atoms with Crippen LogP contribution in [-0.2, 0) is 13.8 Å². The fourth-order valence-electron chi connectivity index (χ4n) is 1.50. The zero-order valence-corrected chi connectivity index (χ0v) is 12.9.